The number of H-pyrrole nitrogens is 1. The number of nitrogen functional groups attached to an aromatic ring is 1. The van der Waals surface area contributed by atoms with E-state index in [1.165, 1.54) is 24.3 Å². The van der Waals surface area contributed by atoms with Crippen molar-refractivity contribution in [1.82, 2.24) is 9.78 Å². The number of alkyl halides is 3. The molecule has 18 heteroatoms. The smallest absolute Gasteiger partial charge is 0.382 e. The van der Waals surface area contributed by atoms with Gasteiger partial charge in [-0.15, -0.1) is 10.2 Å². The highest BCUT2D eigenvalue weighted by Gasteiger charge is 2.31. The molecule has 0 amide bonds. The monoisotopic (exact) mass is 630 g/mol. The fourth-order valence-electron chi connectivity index (χ4n) is 3.54. The summed E-state index contributed by atoms with van der Waals surface area (Å²) in [6.07, 6.45) is -4.60. The van der Waals surface area contributed by atoms with Gasteiger partial charge in [-0.3, -0.25) is 18.8 Å². The van der Waals surface area contributed by atoms with Gasteiger partial charge in [-0.05, 0) is 54.6 Å². The van der Waals surface area contributed by atoms with E-state index in [1.807, 2.05) is 0 Å². The highest BCUT2D eigenvalue weighted by molar-refractivity contribution is 7.93. The highest BCUT2D eigenvalue weighted by Crippen LogP contribution is 2.34. The Bertz CT molecular complexity index is 1940. The SMILES string of the molecule is CN(c1ccc(C(F)(F)F)cc1)S(=O)(=O)c1ccccc1N=Nc1c(N)[nH]n(-c2cc(S(=O)(=O)O)ccc2Cl)c1=O. The van der Waals surface area contributed by atoms with Gasteiger partial charge in [-0.1, -0.05) is 23.7 Å². The minimum atomic E-state index is -4.64. The number of rotatable bonds is 7. The van der Waals surface area contributed by atoms with Crippen LogP contribution in [0.3, 0.4) is 0 Å². The molecule has 0 fully saturated rings. The molecule has 0 aliphatic rings. The van der Waals surface area contributed by atoms with Crippen molar-refractivity contribution in [3.63, 3.8) is 0 Å². The minimum Gasteiger partial charge on any atom is -0.382 e. The highest BCUT2D eigenvalue weighted by atomic mass is 35.5. The molecule has 0 aliphatic carbocycles. The quantitative estimate of drug-likeness (QED) is 0.192. The summed E-state index contributed by atoms with van der Waals surface area (Å²) in [7, 11) is -7.88. The number of aromatic amines is 1. The predicted molar refractivity (Wildman–Crippen MR) is 143 cm³/mol. The molecule has 4 aromatic rings. The van der Waals surface area contributed by atoms with Gasteiger partial charge >= 0.3 is 11.7 Å². The Morgan fingerprint density at radius 3 is 2.24 bits per heavy atom. The van der Waals surface area contributed by atoms with Crippen LogP contribution in [-0.4, -0.2) is 38.2 Å². The van der Waals surface area contributed by atoms with Crippen LogP contribution in [0.5, 0.6) is 0 Å². The van der Waals surface area contributed by atoms with Crippen molar-refractivity contribution in [2.45, 2.75) is 16.0 Å². The molecule has 0 atom stereocenters. The number of anilines is 2. The number of aromatic nitrogens is 2. The van der Waals surface area contributed by atoms with Crippen molar-refractivity contribution in [3.8, 4) is 5.69 Å². The Kier molecular flexibility index (Phi) is 7.74. The van der Waals surface area contributed by atoms with Crippen LogP contribution in [0.2, 0.25) is 5.02 Å². The van der Waals surface area contributed by atoms with E-state index in [0.717, 1.165) is 58.5 Å². The summed E-state index contributed by atoms with van der Waals surface area (Å²) in [5.41, 5.74) is 2.99. The first-order valence-electron chi connectivity index (χ1n) is 11.1. The third-order valence-electron chi connectivity index (χ3n) is 5.67. The molecule has 216 valence electrons. The maximum Gasteiger partial charge on any atom is 0.416 e. The zero-order valence-electron chi connectivity index (χ0n) is 20.5. The van der Waals surface area contributed by atoms with Gasteiger partial charge in [-0.2, -0.15) is 21.6 Å². The molecule has 0 unspecified atom stereocenters. The van der Waals surface area contributed by atoms with Gasteiger partial charge in [0.25, 0.3) is 20.1 Å². The lowest BCUT2D eigenvalue weighted by molar-refractivity contribution is -0.137. The zero-order chi connectivity index (χ0) is 30.3. The predicted octanol–water partition coefficient (Wildman–Crippen LogP) is 4.91. The van der Waals surface area contributed by atoms with Gasteiger partial charge < -0.3 is 5.73 Å². The van der Waals surface area contributed by atoms with Crippen LogP contribution in [0.25, 0.3) is 5.69 Å². The summed E-state index contributed by atoms with van der Waals surface area (Å²) >= 11 is 6.09. The van der Waals surface area contributed by atoms with Crippen LogP contribution in [0.15, 0.2) is 91.5 Å². The van der Waals surface area contributed by atoms with E-state index in [9.17, 15) is 39.4 Å². The van der Waals surface area contributed by atoms with Crippen LogP contribution >= 0.6 is 11.6 Å². The van der Waals surface area contributed by atoms with Gasteiger partial charge in [0.2, 0.25) is 0 Å². The van der Waals surface area contributed by atoms with Gasteiger partial charge in [0.15, 0.2) is 5.69 Å². The summed E-state index contributed by atoms with van der Waals surface area (Å²) in [5.74, 6) is -0.339. The molecule has 1 heterocycles. The molecule has 0 radical (unpaired) electrons. The zero-order valence-corrected chi connectivity index (χ0v) is 22.9. The summed E-state index contributed by atoms with van der Waals surface area (Å²) < 4.78 is 99.2. The Morgan fingerprint density at radius 2 is 1.63 bits per heavy atom. The van der Waals surface area contributed by atoms with Crippen LogP contribution in [0, 0.1) is 0 Å². The van der Waals surface area contributed by atoms with Crippen molar-refractivity contribution in [2.24, 2.45) is 10.2 Å². The molecule has 3 aromatic carbocycles. The number of azo groups is 1. The molecule has 41 heavy (non-hydrogen) atoms. The van der Waals surface area contributed by atoms with E-state index in [0.29, 0.717) is 0 Å². The second kappa shape index (κ2) is 10.7. The molecule has 12 nitrogen and oxygen atoms in total. The number of nitrogens with two attached hydrogens (primary N) is 1. The number of nitrogens with one attached hydrogen (secondary N) is 1. The summed E-state index contributed by atoms with van der Waals surface area (Å²) in [6.45, 7) is 0. The van der Waals surface area contributed by atoms with Gasteiger partial charge in [0, 0.05) is 7.05 Å². The molecular formula is C23H18ClF3N6O6S2. The van der Waals surface area contributed by atoms with Crippen LogP contribution < -0.4 is 15.6 Å². The average Bonchev–Trinajstić information content (AvgIpc) is 3.18. The van der Waals surface area contributed by atoms with E-state index in [4.69, 9.17) is 17.3 Å². The van der Waals surface area contributed by atoms with E-state index in [1.54, 1.807) is 0 Å². The molecule has 0 saturated carbocycles. The number of nitrogens with zero attached hydrogens (tertiary/aromatic N) is 4. The van der Waals surface area contributed by atoms with Crippen LogP contribution in [0.4, 0.5) is 36.1 Å². The molecule has 4 rings (SSSR count). The first-order chi connectivity index (χ1) is 19.0. The van der Waals surface area contributed by atoms with E-state index in [-0.39, 0.29) is 32.8 Å². The lowest BCUT2D eigenvalue weighted by Gasteiger charge is -2.20. The van der Waals surface area contributed by atoms with Crippen molar-refractivity contribution in [3.05, 3.63) is 87.7 Å². The van der Waals surface area contributed by atoms with E-state index >= 15 is 0 Å². The maximum absolute atomic E-state index is 13.3. The van der Waals surface area contributed by atoms with Crippen molar-refractivity contribution in [1.29, 1.82) is 0 Å². The standard InChI is InChI=1S/C23H18ClF3N6O6S2/c1-32(14-8-6-13(7-9-14)23(25,26)27)40(35,36)19-5-3-2-4-17(19)29-30-20-21(28)31-33(22(20)34)18-12-15(41(37,38)39)10-11-16(18)24/h2-12,31H,28H2,1H3,(H,37,38,39). The van der Waals surface area contributed by atoms with Crippen molar-refractivity contribution >= 4 is 54.6 Å². The number of halogens is 4. The average molecular weight is 631 g/mol. The fraction of sp³-hybridized carbons (Fsp3) is 0.0870. The fourth-order valence-corrected chi connectivity index (χ4v) is 5.56. The Morgan fingerprint density at radius 1 is 1.00 bits per heavy atom. The van der Waals surface area contributed by atoms with Gasteiger partial charge in [0.1, 0.15) is 16.4 Å². The maximum atomic E-state index is 13.3. The third-order valence-corrected chi connectivity index (χ3v) is 8.67. The third kappa shape index (κ3) is 5.97. The number of sulfonamides is 1. The second-order valence-electron chi connectivity index (χ2n) is 8.29. The molecule has 0 saturated heterocycles. The Labute approximate surface area is 235 Å². The number of hydrogen-bond acceptors (Lipinski definition) is 8. The largest absolute Gasteiger partial charge is 0.416 e. The number of hydrogen-bond donors (Lipinski definition) is 3. The van der Waals surface area contributed by atoms with Gasteiger partial charge in [-0.25, -0.2) is 13.1 Å². The first-order valence-corrected chi connectivity index (χ1v) is 14.3. The topological polar surface area (TPSA) is 180 Å². The van der Waals surface area contributed by atoms with Crippen LogP contribution in [-0.2, 0) is 26.3 Å². The second-order valence-corrected chi connectivity index (χ2v) is 12.1. The number of benzene rings is 3. The van der Waals surface area contributed by atoms with E-state index < -0.39 is 48.0 Å². The summed E-state index contributed by atoms with van der Waals surface area (Å²) in [6, 6.07) is 11.8. The molecule has 0 bridgehead atoms. The Hall–Kier alpha value is -4.19. The lowest BCUT2D eigenvalue weighted by Crippen LogP contribution is -2.26. The van der Waals surface area contributed by atoms with Crippen LogP contribution in [0.1, 0.15) is 5.56 Å². The van der Waals surface area contributed by atoms with Crippen molar-refractivity contribution < 1.29 is 34.6 Å². The molecular weight excluding hydrogens is 613 g/mol. The Balaban J connectivity index is 1.71. The minimum absolute atomic E-state index is 0.0634. The lowest BCUT2D eigenvalue weighted by atomic mass is 10.2. The summed E-state index contributed by atoms with van der Waals surface area (Å²) in [4.78, 5) is 12.1. The van der Waals surface area contributed by atoms with Crippen molar-refractivity contribution in [2.75, 3.05) is 17.1 Å². The first kappa shape index (κ1) is 29.8. The van der Waals surface area contributed by atoms with E-state index in [2.05, 4.69) is 15.3 Å². The normalized spacial score (nSPS) is 12.6. The molecule has 4 N–H and O–H groups in total. The molecule has 1 aromatic heterocycles. The van der Waals surface area contributed by atoms with Gasteiger partial charge in [0.05, 0.1) is 26.9 Å². The molecule has 0 spiro atoms. The molecule has 0 aliphatic heterocycles. The summed E-state index contributed by atoms with van der Waals surface area (Å²) in [5, 5.41) is 10.0.